The van der Waals surface area contributed by atoms with Gasteiger partial charge in [-0.1, -0.05) is 42.5 Å². The topological polar surface area (TPSA) is 87.3 Å². The van der Waals surface area contributed by atoms with Gasteiger partial charge < -0.3 is 16.0 Å². The van der Waals surface area contributed by atoms with Crippen LogP contribution in [-0.2, 0) is 9.59 Å². The number of nitrogens with one attached hydrogen (secondary N) is 3. The highest BCUT2D eigenvalue weighted by molar-refractivity contribution is 6.09. The molecule has 3 rings (SSSR count). The fourth-order valence-electron chi connectivity index (χ4n) is 2.93. The minimum atomic E-state index is -0.743. The summed E-state index contributed by atoms with van der Waals surface area (Å²) in [7, 11) is 0. The van der Waals surface area contributed by atoms with Gasteiger partial charge in [0.1, 0.15) is 6.04 Å². The summed E-state index contributed by atoms with van der Waals surface area (Å²) in [4.78, 5) is 36.8. The Morgan fingerprint density at radius 3 is 2.54 bits per heavy atom. The first-order valence-electron chi connectivity index (χ1n) is 8.59. The highest BCUT2D eigenvalue weighted by atomic mass is 16.2. The Balaban J connectivity index is 1.57. The Morgan fingerprint density at radius 1 is 1.08 bits per heavy atom. The van der Waals surface area contributed by atoms with Gasteiger partial charge in [0.15, 0.2) is 0 Å². The molecule has 6 nitrogen and oxygen atoms in total. The van der Waals surface area contributed by atoms with Crippen LogP contribution in [0.5, 0.6) is 0 Å². The molecule has 0 fully saturated rings. The van der Waals surface area contributed by atoms with Crippen molar-refractivity contribution in [3.05, 3.63) is 65.7 Å². The molecule has 0 aromatic heterocycles. The number of benzene rings is 2. The lowest BCUT2D eigenvalue weighted by Crippen LogP contribution is -2.42. The zero-order chi connectivity index (χ0) is 18.5. The summed E-state index contributed by atoms with van der Waals surface area (Å²) in [5.74, 6) is -0.792. The Morgan fingerprint density at radius 2 is 1.77 bits per heavy atom. The second-order valence-corrected chi connectivity index (χ2v) is 6.30. The second-order valence-electron chi connectivity index (χ2n) is 6.30. The van der Waals surface area contributed by atoms with Crippen molar-refractivity contribution in [3.8, 4) is 0 Å². The van der Waals surface area contributed by atoms with E-state index in [0.29, 0.717) is 11.3 Å². The van der Waals surface area contributed by atoms with Crippen LogP contribution in [0.15, 0.2) is 54.6 Å². The molecule has 3 N–H and O–H groups in total. The minimum Gasteiger partial charge on any atom is -0.350 e. The molecule has 1 aliphatic rings. The van der Waals surface area contributed by atoms with Crippen LogP contribution in [0.4, 0.5) is 5.69 Å². The standard InChI is InChI=1S/C20H21N3O3/c1-13(14-7-3-2-4-8-14)21-18(24)12-11-17-20(26)22-16-10-6-5-9-15(16)19(25)23-17/h2-10,13,17H,11-12H2,1H3,(H,21,24)(H,22,26)(H,23,25)/t13-,17-/m1/s1. The van der Waals surface area contributed by atoms with Gasteiger partial charge in [-0.25, -0.2) is 0 Å². The van der Waals surface area contributed by atoms with Gasteiger partial charge in [0, 0.05) is 6.42 Å². The molecule has 3 amide bonds. The van der Waals surface area contributed by atoms with Gasteiger partial charge in [-0.3, -0.25) is 14.4 Å². The lowest BCUT2D eigenvalue weighted by molar-refractivity contribution is -0.122. The van der Waals surface area contributed by atoms with Gasteiger partial charge in [0.05, 0.1) is 17.3 Å². The summed E-state index contributed by atoms with van der Waals surface area (Å²) >= 11 is 0. The van der Waals surface area contributed by atoms with E-state index in [1.807, 2.05) is 37.3 Å². The number of rotatable bonds is 5. The maximum absolute atomic E-state index is 12.3. The third-order valence-electron chi connectivity index (χ3n) is 4.39. The van der Waals surface area contributed by atoms with E-state index in [0.717, 1.165) is 5.56 Å². The number of anilines is 1. The Labute approximate surface area is 152 Å². The number of hydrogen-bond acceptors (Lipinski definition) is 3. The molecule has 0 aliphatic carbocycles. The van der Waals surface area contributed by atoms with Crippen molar-refractivity contribution in [2.45, 2.75) is 31.8 Å². The Bertz CT molecular complexity index is 820. The van der Waals surface area contributed by atoms with Crippen molar-refractivity contribution in [1.29, 1.82) is 0 Å². The van der Waals surface area contributed by atoms with Gasteiger partial charge in [0.25, 0.3) is 5.91 Å². The molecule has 134 valence electrons. The van der Waals surface area contributed by atoms with E-state index in [4.69, 9.17) is 0 Å². The zero-order valence-electron chi connectivity index (χ0n) is 14.5. The maximum Gasteiger partial charge on any atom is 0.254 e. The SMILES string of the molecule is C[C@@H](NC(=O)CC[C@H]1NC(=O)c2ccccc2NC1=O)c1ccccc1. The van der Waals surface area contributed by atoms with Gasteiger partial charge >= 0.3 is 0 Å². The van der Waals surface area contributed by atoms with Crippen molar-refractivity contribution >= 4 is 23.4 Å². The number of carbonyl (C=O) groups is 3. The third kappa shape index (κ3) is 4.08. The van der Waals surface area contributed by atoms with Crippen molar-refractivity contribution in [1.82, 2.24) is 10.6 Å². The first kappa shape index (κ1) is 17.7. The van der Waals surface area contributed by atoms with E-state index in [2.05, 4.69) is 16.0 Å². The highest BCUT2D eigenvalue weighted by Crippen LogP contribution is 2.19. The molecule has 0 bridgehead atoms. The van der Waals surface area contributed by atoms with Crippen molar-refractivity contribution in [2.75, 3.05) is 5.32 Å². The van der Waals surface area contributed by atoms with Crippen LogP contribution in [0.3, 0.4) is 0 Å². The molecule has 2 atom stereocenters. The normalized spacial score (nSPS) is 17.3. The van der Waals surface area contributed by atoms with Gasteiger partial charge in [-0.05, 0) is 31.0 Å². The van der Waals surface area contributed by atoms with Gasteiger partial charge in [-0.15, -0.1) is 0 Å². The average molecular weight is 351 g/mol. The van der Waals surface area contributed by atoms with Crippen LogP contribution in [0.2, 0.25) is 0 Å². The fourth-order valence-corrected chi connectivity index (χ4v) is 2.93. The maximum atomic E-state index is 12.3. The number of hydrogen-bond donors (Lipinski definition) is 3. The van der Waals surface area contributed by atoms with Crippen molar-refractivity contribution in [3.63, 3.8) is 0 Å². The predicted molar refractivity (Wildman–Crippen MR) is 98.6 cm³/mol. The summed E-state index contributed by atoms with van der Waals surface area (Å²) in [5, 5.41) is 8.34. The largest absolute Gasteiger partial charge is 0.350 e. The molecule has 2 aromatic carbocycles. The molecule has 0 unspecified atom stereocenters. The number of fused-ring (bicyclic) bond motifs is 1. The number of amides is 3. The minimum absolute atomic E-state index is 0.120. The fraction of sp³-hybridized carbons (Fsp3) is 0.250. The first-order valence-corrected chi connectivity index (χ1v) is 8.59. The lowest BCUT2D eigenvalue weighted by atomic mass is 10.1. The molecular formula is C20H21N3O3. The van der Waals surface area contributed by atoms with E-state index >= 15 is 0 Å². The van der Waals surface area contributed by atoms with E-state index in [1.165, 1.54) is 0 Å². The average Bonchev–Trinajstić information content (AvgIpc) is 2.77. The smallest absolute Gasteiger partial charge is 0.254 e. The van der Waals surface area contributed by atoms with E-state index < -0.39 is 6.04 Å². The molecule has 1 aliphatic heterocycles. The van der Waals surface area contributed by atoms with Crippen molar-refractivity contribution in [2.24, 2.45) is 0 Å². The summed E-state index contributed by atoms with van der Waals surface area (Å²) in [5.41, 5.74) is 1.92. The first-order chi connectivity index (χ1) is 12.5. The second kappa shape index (κ2) is 7.82. The molecule has 0 saturated heterocycles. The molecule has 2 aromatic rings. The number of para-hydroxylation sites is 1. The predicted octanol–water partition coefficient (Wildman–Crippen LogP) is 2.39. The van der Waals surface area contributed by atoms with E-state index in [-0.39, 0.29) is 36.6 Å². The lowest BCUT2D eigenvalue weighted by Gasteiger charge is -2.17. The monoisotopic (exact) mass is 351 g/mol. The van der Waals surface area contributed by atoms with Crippen LogP contribution in [-0.4, -0.2) is 23.8 Å². The zero-order valence-corrected chi connectivity index (χ0v) is 14.5. The quantitative estimate of drug-likeness (QED) is 0.773. The molecule has 1 heterocycles. The Kier molecular flexibility index (Phi) is 5.31. The van der Waals surface area contributed by atoms with Crippen molar-refractivity contribution < 1.29 is 14.4 Å². The van der Waals surface area contributed by atoms with Crippen LogP contribution >= 0.6 is 0 Å². The summed E-state index contributed by atoms with van der Waals surface area (Å²) in [6.45, 7) is 1.91. The molecule has 0 spiro atoms. The summed E-state index contributed by atoms with van der Waals surface area (Å²) < 4.78 is 0. The molecule has 26 heavy (non-hydrogen) atoms. The van der Waals surface area contributed by atoms with Crippen LogP contribution in [0, 0.1) is 0 Å². The van der Waals surface area contributed by atoms with Gasteiger partial charge in [-0.2, -0.15) is 0 Å². The van der Waals surface area contributed by atoms with E-state index in [1.54, 1.807) is 24.3 Å². The Hall–Kier alpha value is -3.15. The molecule has 6 heteroatoms. The van der Waals surface area contributed by atoms with Crippen LogP contribution in [0.1, 0.15) is 41.7 Å². The van der Waals surface area contributed by atoms with Crippen LogP contribution < -0.4 is 16.0 Å². The molecular weight excluding hydrogens is 330 g/mol. The summed E-state index contributed by atoms with van der Waals surface area (Å²) in [6, 6.07) is 15.6. The molecule has 0 saturated carbocycles. The van der Waals surface area contributed by atoms with E-state index in [9.17, 15) is 14.4 Å². The number of carbonyl (C=O) groups excluding carboxylic acids is 3. The third-order valence-corrected chi connectivity index (χ3v) is 4.39. The van der Waals surface area contributed by atoms with Gasteiger partial charge in [0.2, 0.25) is 11.8 Å². The molecule has 0 radical (unpaired) electrons. The van der Waals surface area contributed by atoms with Crippen LogP contribution in [0.25, 0.3) is 0 Å². The highest BCUT2D eigenvalue weighted by Gasteiger charge is 2.27. The summed E-state index contributed by atoms with van der Waals surface area (Å²) in [6.07, 6.45) is 0.380.